The van der Waals surface area contributed by atoms with Crippen LogP contribution in [0.25, 0.3) is 0 Å². The number of rotatable bonds is 2. The minimum Gasteiger partial charge on any atom is -0.319 e. The van der Waals surface area contributed by atoms with Crippen molar-refractivity contribution in [1.82, 2.24) is 15.1 Å². The molecular formula is C20H45N3. The molecule has 0 aliphatic carbocycles. The van der Waals surface area contributed by atoms with Crippen LogP contribution in [0.5, 0.6) is 0 Å². The van der Waals surface area contributed by atoms with Gasteiger partial charge < -0.3 is 10.2 Å². The van der Waals surface area contributed by atoms with Crippen molar-refractivity contribution >= 4 is 0 Å². The third-order valence-corrected chi connectivity index (χ3v) is 5.38. The zero-order valence-electron chi connectivity index (χ0n) is 17.2. The van der Waals surface area contributed by atoms with Gasteiger partial charge in [0.2, 0.25) is 0 Å². The van der Waals surface area contributed by atoms with E-state index in [0.29, 0.717) is 5.54 Å². The van der Waals surface area contributed by atoms with Gasteiger partial charge in [-0.1, -0.05) is 27.7 Å². The minimum absolute atomic E-state index is 0.639. The van der Waals surface area contributed by atoms with E-state index in [4.69, 9.17) is 0 Å². The Balaban J connectivity index is 0.000000347. The van der Waals surface area contributed by atoms with Gasteiger partial charge in [0.05, 0.1) is 0 Å². The molecule has 1 N–H and O–H groups in total. The number of piperidine rings is 1. The minimum atomic E-state index is 0.639. The fourth-order valence-corrected chi connectivity index (χ4v) is 3.95. The molecule has 0 bridgehead atoms. The Morgan fingerprint density at radius 2 is 1.39 bits per heavy atom. The van der Waals surface area contributed by atoms with Crippen LogP contribution >= 0.6 is 0 Å². The number of nitrogens with zero attached hydrogens (tertiary/aromatic N) is 2. The normalized spacial score (nSPS) is 23.6. The standard InChI is InChI=1S/C8H18N2.C8H15N.2C2H6/c1-9-7-8-3-5-10(2)6-4-8;1-8-4-2-6-9(8)7-3-5-8;2*1-2/h8-9H,3-7H2,1-2H3;2-7H2,1H3;2*1-2H3. The Morgan fingerprint density at radius 1 is 0.913 bits per heavy atom. The molecule has 3 aliphatic rings. The first-order valence-electron chi connectivity index (χ1n) is 10.2. The smallest absolute Gasteiger partial charge is 0.0182 e. The summed E-state index contributed by atoms with van der Waals surface area (Å²) in [7, 11) is 4.24. The molecule has 3 heterocycles. The Morgan fingerprint density at radius 3 is 1.78 bits per heavy atom. The van der Waals surface area contributed by atoms with Crippen molar-refractivity contribution in [2.45, 2.75) is 78.7 Å². The second-order valence-corrected chi connectivity index (χ2v) is 7.00. The van der Waals surface area contributed by atoms with E-state index in [-0.39, 0.29) is 0 Å². The molecule has 3 heteroatoms. The molecule has 0 aromatic carbocycles. The molecule has 0 spiro atoms. The Kier molecular flexibility index (Phi) is 13.1. The van der Waals surface area contributed by atoms with E-state index in [9.17, 15) is 0 Å². The van der Waals surface area contributed by atoms with Gasteiger partial charge in [-0.2, -0.15) is 0 Å². The lowest BCUT2D eigenvalue weighted by atomic mass is 9.97. The number of hydrogen-bond donors (Lipinski definition) is 1. The predicted molar refractivity (Wildman–Crippen MR) is 105 cm³/mol. The van der Waals surface area contributed by atoms with Crippen molar-refractivity contribution in [2.75, 3.05) is 46.8 Å². The number of nitrogens with one attached hydrogen (secondary N) is 1. The predicted octanol–water partition coefficient (Wildman–Crippen LogP) is 4.23. The third-order valence-electron chi connectivity index (χ3n) is 5.38. The molecule has 0 atom stereocenters. The fourth-order valence-electron chi connectivity index (χ4n) is 3.95. The SMILES string of the molecule is CC.CC.CC12CCCN1CCC2.CNCC1CCN(C)CC1. The van der Waals surface area contributed by atoms with Gasteiger partial charge in [0.25, 0.3) is 0 Å². The van der Waals surface area contributed by atoms with Crippen LogP contribution in [-0.2, 0) is 0 Å². The summed E-state index contributed by atoms with van der Waals surface area (Å²) < 4.78 is 0. The van der Waals surface area contributed by atoms with Crippen molar-refractivity contribution in [3.05, 3.63) is 0 Å². The van der Waals surface area contributed by atoms with Gasteiger partial charge >= 0.3 is 0 Å². The maximum absolute atomic E-state index is 3.23. The van der Waals surface area contributed by atoms with E-state index in [0.717, 1.165) is 5.92 Å². The summed E-state index contributed by atoms with van der Waals surface area (Å²) in [6, 6.07) is 0. The number of hydrogen-bond acceptors (Lipinski definition) is 3. The number of likely N-dealkylation sites (tertiary alicyclic amines) is 1. The molecule has 0 radical (unpaired) electrons. The van der Waals surface area contributed by atoms with Crippen molar-refractivity contribution in [1.29, 1.82) is 0 Å². The molecule has 3 fully saturated rings. The zero-order valence-corrected chi connectivity index (χ0v) is 17.2. The summed E-state index contributed by atoms with van der Waals surface area (Å²) in [5.41, 5.74) is 0.639. The highest BCUT2D eigenvalue weighted by molar-refractivity contribution is 4.96. The second kappa shape index (κ2) is 13.2. The monoisotopic (exact) mass is 327 g/mol. The molecule has 0 aromatic heterocycles. The summed E-state index contributed by atoms with van der Waals surface area (Å²) in [5.74, 6) is 0.932. The average molecular weight is 328 g/mol. The molecule has 0 unspecified atom stereocenters. The molecule has 3 nitrogen and oxygen atoms in total. The molecule has 3 saturated heterocycles. The highest BCUT2D eigenvalue weighted by atomic mass is 15.2. The van der Waals surface area contributed by atoms with Crippen molar-refractivity contribution in [3.8, 4) is 0 Å². The summed E-state index contributed by atoms with van der Waals surface area (Å²) in [6.45, 7) is 16.9. The van der Waals surface area contributed by atoms with Gasteiger partial charge in [-0.15, -0.1) is 0 Å². The fraction of sp³-hybridized carbons (Fsp3) is 1.00. The highest BCUT2D eigenvalue weighted by Crippen LogP contribution is 2.37. The lowest BCUT2D eigenvalue weighted by molar-refractivity contribution is 0.218. The largest absolute Gasteiger partial charge is 0.319 e. The van der Waals surface area contributed by atoms with Gasteiger partial charge in [-0.05, 0) is 98.2 Å². The lowest BCUT2D eigenvalue weighted by Crippen LogP contribution is -2.34. The van der Waals surface area contributed by atoms with Gasteiger partial charge in [-0.3, -0.25) is 4.90 Å². The van der Waals surface area contributed by atoms with Crippen molar-refractivity contribution in [3.63, 3.8) is 0 Å². The lowest BCUT2D eigenvalue weighted by Gasteiger charge is -2.28. The molecule has 0 saturated carbocycles. The molecule has 23 heavy (non-hydrogen) atoms. The summed E-state index contributed by atoms with van der Waals surface area (Å²) in [5, 5.41) is 3.23. The molecule has 140 valence electrons. The molecular weight excluding hydrogens is 282 g/mol. The van der Waals surface area contributed by atoms with E-state index in [1.165, 1.54) is 71.2 Å². The first kappa shape index (κ1) is 22.9. The van der Waals surface area contributed by atoms with E-state index in [1.807, 2.05) is 34.7 Å². The van der Waals surface area contributed by atoms with Crippen LogP contribution in [0, 0.1) is 5.92 Å². The first-order valence-corrected chi connectivity index (χ1v) is 10.2. The second-order valence-electron chi connectivity index (χ2n) is 7.00. The van der Waals surface area contributed by atoms with Crippen LogP contribution in [-0.4, -0.2) is 62.2 Å². The molecule has 3 aliphatic heterocycles. The summed E-state index contributed by atoms with van der Waals surface area (Å²) >= 11 is 0. The van der Waals surface area contributed by atoms with Gasteiger partial charge in [0.1, 0.15) is 0 Å². The van der Waals surface area contributed by atoms with Gasteiger partial charge in [0, 0.05) is 5.54 Å². The highest BCUT2D eigenvalue weighted by Gasteiger charge is 2.39. The van der Waals surface area contributed by atoms with Crippen LogP contribution in [0.2, 0.25) is 0 Å². The van der Waals surface area contributed by atoms with E-state index in [1.54, 1.807) is 0 Å². The van der Waals surface area contributed by atoms with E-state index < -0.39 is 0 Å². The van der Waals surface area contributed by atoms with E-state index in [2.05, 4.69) is 29.1 Å². The van der Waals surface area contributed by atoms with Crippen LogP contribution < -0.4 is 5.32 Å². The van der Waals surface area contributed by atoms with Gasteiger partial charge in [-0.25, -0.2) is 0 Å². The van der Waals surface area contributed by atoms with Crippen LogP contribution in [0.4, 0.5) is 0 Å². The molecule has 3 rings (SSSR count). The van der Waals surface area contributed by atoms with Crippen molar-refractivity contribution < 1.29 is 0 Å². The molecule has 0 amide bonds. The quantitative estimate of drug-likeness (QED) is 0.818. The maximum atomic E-state index is 3.23. The molecule has 0 aromatic rings. The van der Waals surface area contributed by atoms with Crippen LogP contribution in [0.15, 0.2) is 0 Å². The first-order chi connectivity index (χ1) is 11.1. The summed E-state index contributed by atoms with van der Waals surface area (Å²) in [4.78, 5) is 5.07. The van der Waals surface area contributed by atoms with Crippen LogP contribution in [0.1, 0.15) is 73.1 Å². The van der Waals surface area contributed by atoms with E-state index >= 15 is 0 Å². The third kappa shape index (κ3) is 8.00. The van der Waals surface area contributed by atoms with Gasteiger partial charge in [0.15, 0.2) is 0 Å². The van der Waals surface area contributed by atoms with Crippen molar-refractivity contribution in [2.24, 2.45) is 5.92 Å². The van der Waals surface area contributed by atoms with Crippen LogP contribution in [0.3, 0.4) is 0 Å². The zero-order chi connectivity index (χ0) is 17.7. The topological polar surface area (TPSA) is 18.5 Å². The summed E-state index contributed by atoms with van der Waals surface area (Å²) in [6.07, 6.45) is 8.53. The average Bonchev–Trinajstić information content (AvgIpc) is 3.12. The Bertz CT molecular complexity index is 250. The Labute approximate surface area is 147 Å². The number of fused-ring (bicyclic) bond motifs is 1. The Hall–Kier alpha value is -0.120. The maximum Gasteiger partial charge on any atom is 0.0182 e.